The van der Waals surface area contributed by atoms with Crippen LogP contribution in [0.4, 0.5) is 0 Å². The molecule has 0 aliphatic carbocycles. The van der Waals surface area contributed by atoms with Crippen LogP contribution in [-0.2, 0) is 4.79 Å². The summed E-state index contributed by atoms with van der Waals surface area (Å²) < 4.78 is 8.62. The molecule has 0 N–H and O–H groups in total. The third-order valence-electron chi connectivity index (χ3n) is 0.809. The van der Waals surface area contributed by atoms with E-state index < -0.39 is 5.97 Å². The minimum atomic E-state index is -0.464. The quantitative estimate of drug-likeness (QED) is 0.670. The molecule has 60 valence electrons. The third kappa shape index (κ3) is 2.05. The summed E-state index contributed by atoms with van der Waals surface area (Å²) in [5.74, 6) is -0.386. The van der Waals surface area contributed by atoms with Gasteiger partial charge in [0.05, 0.1) is 0 Å². The van der Waals surface area contributed by atoms with Crippen LogP contribution in [0.3, 0.4) is 0 Å². The fourth-order valence-corrected chi connectivity index (χ4v) is 1.32. The van der Waals surface area contributed by atoms with Crippen LogP contribution in [-0.4, -0.2) is 10.3 Å². The first-order valence-electron chi connectivity index (χ1n) is 2.60. The van der Waals surface area contributed by atoms with Gasteiger partial charge in [-0.15, -0.1) is 0 Å². The van der Waals surface area contributed by atoms with Crippen molar-refractivity contribution in [3.8, 4) is 5.88 Å². The number of carbonyl (C=O) groups excluding carboxylic acids is 1. The Morgan fingerprint density at radius 2 is 2.27 bits per heavy atom. The van der Waals surface area contributed by atoms with E-state index in [2.05, 4.69) is 9.11 Å². The Morgan fingerprint density at radius 3 is 2.64 bits per heavy atom. The molecule has 0 spiro atoms. The lowest BCUT2D eigenvalue weighted by atomic mass is 10.7. The maximum atomic E-state index is 10.4. The van der Waals surface area contributed by atoms with Crippen LogP contribution in [0, 0.1) is 0 Å². The highest BCUT2D eigenvalue weighted by Gasteiger charge is 2.12. The van der Waals surface area contributed by atoms with Gasteiger partial charge in [0, 0.05) is 6.92 Å². The summed E-state index contributed by atoms with van der Waals surface area (Å²) in [7, 11) is 0. The Morgan fingerprint density at radius 1 is 1.64 bits per heavy atom. The summed E-state index contributed by atoms with van der Waals surface area (Å²) in [5.41, 5.74) is 0. The molecule has 0 aromatic carbocycles. The maximum absolute atomic E-state index is 10.4. The molecule has 6 heteroatoms. The van der Waals surface area contributed by atoms with Crippen LogP contribution in [0.2, 0.25) is 9.36 Å². The molecule has 0 fully saturated rings. The summed E-state index contributed by atoms with van der Waals surface area (Å²) in [6.07, 6.45) is 0. The van der Waals surface area contributed by atoms with Gasteiger partial charge in [-0.3, -0.25) is 4.79 Å². The predicted molar refractivity (Wildman–Crippen MR) is 43.4 cm³/mol. The Hall–Kier alpha value is -0.320. The maximum Gasteiger partial charge on any atom is 0.309 e. The van der Waals surface area contributed by atoms with E-state index in [0.29, 0.717) is 4.34 Å². The minimum Gasteiger partial charge on any atom is -0.405 e. The normalized spacial score (nSPS) is 9.73. The van der Waals surface area contributed by atoms with E-state index in [-0.39, 0.29) is 10.9 Å². The van der Waals surface area contributed by atoms with Gasteiger partial charge in [0.2, 0.25) is 0 Å². The van der Waals surface area contributed by atoms with Crippen LogP contribution in [0.15, 0.2) is 0 Å². The lowest BCUT2D eigenvalue weighted by Gasteiger charge is -1.93. The fraction of sp³-hybridized carbons (Fsp3) is 0.200. The van der Waals surface area contributed by atoms with Crippen LogP contribution in [0.25, 0.3) is 0 Å². The first-order chi connectivity index (χ1) is 5.11. The molecule has 0 saturated heterocycles. The number of hydrogen-bond donors (Lipinski definition) is 0. The van der Waals surface area contributed by atoms with Crippen molar-refractivity contribution >= 4 is 40.7 Å². The van der Waals surface area contributed by atoms with Gasteiger partial charge >= 0.3 is 5.97 Å². The molecule has 0 amide bonds. The molecule has 1 aromatic heterocycles. The van der Waals surface area contributed by atoms with Crippen molar-refractivity contribution in [2.24, 2.45) is 0 Å². The Kier molecular flexibility index (Phi) is 2.70. The second-order valence-electron chi connectivity index (χ2n) is 1.67. The standard InChI is InChI=1S/C5H3Cl2NO2S/c1-2(9)10-5-3(6)4(7)11-8-5/h1H3. The number of ether oxygens (including phenoxy) is 1. The zero-order valence-electron chi connectivity index (χ0n) is 5.43. The van der Waals surface area contributed by atoms with Crippen molar-refractivity contribution in [1.29, 1.82) is 0 Å². The van der Waals surface area contributed by atoms with E-state index in [4.69, 9.17) is 23.2 Å². The van der Waals surface area contributed by atoms with Gasteiger partial charge in [0.25, 0.3) is 5.88 Å². The molecule has 0 unspecified atom stereocenters. The van der Waals surface area contributed by atoms with Crippen LogP contribution in [0.1, 0.15) is 6.92 Å². The van der Waals surface area contributed by atoms with Crippen molar-refractivity contribution in [2.45, 2.75) is 6.92 Å². The first-order valence-corrected chi connectivity index (χ1v) is 4.13. The molecule has 1 rings (SSSR count). The van der Waals surface area contributed by atoms with Gasteiger partial charge in [-0.05, 0) is 11.5 Å². The number of carbonyl (C=O) groups is 1. The fourth-order valence-electron chi connectivity index (χ4n) is 0.445. The van der Waals surface area contributed by atoms with Gasteiger partial charge in [0.15, 0.2) is 0 Å². The summed E-state index contributed by atoms with van der Waals surface area (Å²) in [6.45, 7) is 1.27. The molecule has 1 heterocycles. The zero-order valence-corrected chi connectivity index (χ0v) is 7.76. The SMILES string of the molecule is CC(=O)Oc1nsc(Cl)c1Cl. The monoisotopic (exact) mass is 211 g/mol. The van der Waals surface area contributed by atoms with Crippen molar-refractivity contribution < 1.29 is 9.53 Å². The predicted octanol–water partition coefficient (Wildman–Crippen LogP) is 2.38. The first kappa shape index (κ1) is 8.77. The molecule has 0 saturated carbocycles. The van der Waals surface area contributed by atoms with Crippen molar-refractivity contribution in [2.75, 3.05) is 0 Å². The highest BCUT2D eigenvalue weighted by molar-refractivity contribution is 7.11. The summed E-state index contributed by atoms with van der Waals surface area (Å²) in [5, 5.41) is 0.187. The largest absolute Gasteiger partial charge is 0.405 e. The molecule has 0 bridgehead atoms. The number of esters is 1. The smallest absolute Gasteiger partial charge is 0.309 e. The second kappa shape index (κ2) is 3.38. The van der Waals surface area contributed by atoms with E-state index in [1.165, 1.54) is 6.92 Å². The van der Waals surface area contributed by atoms with Crippen LogP contribution < -0.4 is 4.74 Å². The van der Waals surface area contributed by atoms with E-state index in [1.807, 2.05) is 0 Å². The molecule has 0 aliphatic rings. The van der Waals surface area contributed by atoms with Gasteiger partial charge in [-0.2, -0.15) is 4.37 Å². The van der Waals surface area contributed by atoms with Crippen molar-refractivity contribution in [1.82, 2.24) is 4.37 Å². The number of aromatic nitrogens is 1. The van der Waals surface area contributed by atoms with Crippen molar-refractivity contribution in [3.05, 3.63) is 9.36 Å². The molecule has 11 heavy (non-hydrogen) atoms. The van der Waals surface area contributed by atoms with Gasteiger partial charge in [-0.1, -0.05) is 23.2 Å². The molecule has 0 aliphatic heterocycles. The number of halogens is 2. The van der Waals surface area contributed by atoms with E-state index in [0.717, 1.165) is 11.5 Å². The summed E-state index contributed by atoms with van der Waals surface area (Å²) >= 11 is 12.1. The Bertz CT molecular complexity index is 286. The topological polar surface area (TPSA) is 39.2 Å². The minimum absolute atomic E-state index is 0.0779. The second-order valence-corrected chi connectivity index (χ2v) is 3.42. The van der Waals surface area contributed by atoms with E-state index in [9.17, 15) is 4.79 Å². The van der Waals surface area contributed by atoms with Crippen LogP contribution >= 0.6 is 34.7 Å². The number of nitrogens with zero attached hydrogens (tertiary/aromatic N) is 1. The van der Waals surface area contributed by atoms with Crippen molar-refractivity contribution in [3.63, 3.8) is 0 Å². The molecule has 3 nitrogen and oxygen atoms in total. The van der Waals surface area contributed by atoms with Crippen LogP contribution in [0.5, 0.6) is 5.88 Å². The summed E-state index contributed by atoms with van der Waals surface area (Å²) in [6, 6.07) is 0. The van der Waals surface area contributed by atoms with E-state index >= 15 is 0 Å². The average molecular weight is 212 g/mol. The van der Waals surface area contributed by atoms with Gasteiger partial charge in [-0.25, -0.2) is 0 Å². The highest BCUT2D eigenvalue weighted by Crippen LogP contribution is 2.34. The van der Waals surface area contributed by atoms with Gasteiger partial charge < -0.3 is 4.74 Å². The third-order valence-corrected chi connectivity index (χ3v) is 2.39. The Balaban J connectivity index is 2.87. The molecular weight excluding hydrogens is 209 g/mol. The Labute approximate surface area is 77.0 Å². The molecule has 1 aromatic rings. The zero-order chi connectivity index (χ0) is 8.43. The molecular formula is C5H3Cl2NO2S. The lowest BCUT2D eigenvalue weighted by Crippen LogP contribution is -2.01. The number of hydrogen-bond acceptors (Lipinski definition) is 4. The average Bonchev–Trinajstić information content (AvgIpc) is 2.18. The number of rotatable bonds is 1. The molecule has 0 radical (unpaired) electrons. The lowest BCUT2D eigenvalue weighted by molar-refractivity contribution is -0.132. The molecule has 0 atom stereocenters. The summed E-state index contributed by atoms with van der Waals surface area (Å²) in [4.78, 5) is 10.4. The highest BCUT2D eigenvalue weighted by atomic mass is 35.5. The van der Waals surface area contributed by atoms with E-state index in [1.54, 1.807) is 0 Å². The van der Waals surface area contributed by atoms with Gasteiger partial charge in [0.1, 0.15) is 9.36 Å².